The van der Waals surface area contributed by atoms with Crippen LogP contribution in [0.1, 0.15) is 30.1 Å². The third kappa shape index (κ3) is 7.96. The van der Waals surface area contributed by atoms with Crippen LogP contribution in [0.5, 0.6) is 11.5 Å². The minimum absolute atomic E-state index is 0.0429. The van der Waals surface area contributed by atoms with Crippen LogP contribution in [0.2, 0.25) is 0 Å². The number of carbonyl (C=O) groups excluding carboxylic acids is 3. The van der Waals surface area contributed by atoms with E-state index in [1.807, 2.05) is 25.1 Å². The maximum atomic E-state index is 12.7. The first-order valence-corrected chi connectivity index (χ1v) is 11.8. The first-order chi connectivity index (χ1) is 17.0. The van der Waals surface area contributed by atoms with Crippen molar-refractivity contribution in [2.24, 2.45) is 0 Å². The Morgan fingerprint density at radius 2 is 1.71 bits per heavy atom. The van der Waals surface area contributed by atoms with Gasteiger partial charge in [0, 0.05) is 18.7 Å². The molecule has 2 aromatic carbocycles. The third-order valence-electron chi connectivity index (χ3n) is 5.12. The van der Waals surface area contributed by atoms with Gasteiger partial charge in [-0.3, -0.25) is 19.7 Å². The van der Waals surface area contributed by atoms with Crippen LogP contribution >= 0.6 is 12.2 Å². The smallest absolute Gasteiger partial charge is 0.308 e. The maximum absolute atomic E-state index is 12.7. The molecule has 35 heavy (non-hydrogen) atoms. The molecule has 1 unspecified atom stereocenters. The predicted octanol–water partition coefficient (Wildman–Crippen LogP) is 2.30. The second-order valence-corrected chi connectivity index (χ2v) is 8.11. The van der Waals surface area contributed by atoms with Gasteiger partial charge in [-0.1, -0.05) is 25.1 Å². The van der Waals surface area contributed by atoms with E-state index >= 15 is 0 Å². The lowest BCUT2D eigenvalue weighted by Gasteiger charge is -2.36. The van der Waals surface area contributed by atoms with Gasteiger partial charge in [-0.25, -0.2) is 0 Å². The standard InChI is InChI=1S/C25H29N3O6S/c1-2-14-32-20-10-8-18(9-11-20)23(30)27-25(35)28-13-12-26-24(31)21(28)17-22(29)34-16-15-33-19-6-4-3-5-7-19/h3-11,21H,2,12-17H2,1H3,(H,26,31)(H,27,30,35). The second kappa shape index (κ2) is 13.3. The van der Waals surface area contributed by atoms with Gasteiger partial charge in [0.2, 0.25) is 5.91 Å². The summed E-state index contributed by atoms with van der Waals surface area (Å²) in [6, 6.07) is 15.0. The largest absolute Gasteiger partial charge is 0.494 e. The average molecular weight is 500 g/mol. The number of para-hydroxylation sites is 1. The number of nitrogens with zero attached hydrogens (tertiary/aromatic N) is 1. The molecular formula is C25H29N3O6S. The van der Waals surface area contributed by atoms with Crippen LogP contribution in [0.4, 0.5) is 0 Å². The monoisotopic (exact) mass is 499 g/mol. The molecule has 0 saturated carbocycles. The summed E-state index contributed by atoms with van der Waals surface area (Å²) in [6.07, 6.45) is 0.673. The summed E-state index contributed by atoms with van der Waals surface area (Å²) in [7, 11) is 0. The van der Waals surface area contributed by atoms with E-state index in [0.29, 0.717) is 36.8 Å². The Morgan fingerprint density at radius 3 is 2.43 bits per heavy atom. The number of hydrogen-bond acceptors (Lipinski definition) is 7. The number of esters is 1. The Balaban J connectivity index is 1.50. The Kier molecular flexibility index (Phi) is 9.85. The van der Waals surface area contributed by atoms with E-state index in [1.54, 1.807) is 36.4 Å². The maximum Gasteiger partial charge on any atom is 0.308 e. The van der Waals surface area contributed by atoms with Gasteiger partial charge in [-0.05, 0) is 55.0 Å². The molecule has 0 aliphatic carbocycles. The summed E-state index contributed by atoms with van der Waals surface area (Å²) in [4.78, 5) is 39.0. The topological polar surface area (TPSA) is 106 Å². The van der Waals surface area contributed by atoms with Crippen LogP contribution in [-0.2, 0) is 14.3 Å². The quantitative estimate of drug-likeness (QED) is 0.291. The molecule has 0 spiro atoms. The number of benzene rings is 2. The lowest BCUT2D eigenvalue weighted by Crippen LogP contribution is -2.60. The van der Waals surface area contributed by atoms with Gasteiger partial charge in [0.05, 0.1) is 13.0 Å². The van der Waals surface area contributed by atoms with Crippen molar-refractivity contribution in [1.82, 2.24) is 15.5 Å². The van der Waals surface area contributed by atoms with Gasteiger partial charge in [-0.2, -0.15) is 0 Å². The van der Waals surface area contributed by atoms with E-state index in [0.717, 1.165) is 6.42 Å². The molecule has 186 valence electrons. The Morgan fingerprint density at radius 1 is 1.03 bits per heavy atom. The molecule has 1 fully saturated rings. The first kappa shape index (κ1) is 26.0. The highest BCUT2D eigenvalue weighted by molar-refractivity contribution is 7.80. The fourth-order valence-corrected chi connectivity index (χ4v) is 3.68. The fourth-order valence-electron chi connectivity index (χ4n) is 3.37. The number of ether oxygens (including phenoxy) is 3. The number of nitrogens with one attached hydrogen (secondary N) is 2. The summed E-state index contributed by atoms with van der Waals surface area (Å²) in [6.45, 7) is 3.53. The van der Waals surface area contributed by atoms with Crippen molar-refractivity contribution in [1.29, 1.82) is 0 Å². The highest BCUT2D eigenvalue weighted by Gasteiger charge is 2.34. The van der Waals surface area contributed by atoms with Gasteiger partial charge in [0.25, 0.3) is 5.91 Å². The second-order valence-electron chi connectivity index (χ2n) is 7.72. The zero-order valence-corrected chi connectivity index (χ0v) is 20.3. The number of hydrogen-bond donors (Lipinski definition) is 2. The van der Waals surface area contributed by atoms with Crippen LogP contribution in [-0.4, -0.2) is 66.7 Å². The highest BCUT2D eigenvalue weighted by Crippen LogP contribution is 2.14. The SMILES string of the molecule is CCCOc1ccc(C(=O)NC(=S)N2CCNC(=O)C2CC(=O)OCCOc2ccccc2)cc1. The van der Waals surface area contributed by atoms with Crippen LogP contribution in [0, 0.1) is 0 Å². The zero-order chi connectivity index (χ0) is 25.0. The number of carbonyl (C=O) groups is 3. The molecule has 0 radical (unpaired) electrons. The summed E-state index contributed by atoms with van der Waals surface area (Å²) in [5, 5.41) is 5.44. The minimum atomic E-state index is -0.885. The van der Waals surface area contributed by atoms with Crippen LogP contribution in [0.25, 0.3) is 0 Å². The molecule has 10 heteroatoms. The fraction of sp³-hybridized carbons (Fsp3) is 0.360. The molecule has 1 saturated heterocycles. The molecule has 9 nitrogen and oxygen atoms in total. The molecule has 2 aromatic rings. The van der Waals surface area contributed by atoms with Gasteiger partial charge in [0.15, 0.2) is 5.11 Å². The summed E-state index contributed by atoms with van der Waals surface area (Å²) >= 11 is 5.39. The van der Waals surface area contributed by atoms with Crippen LogP contribution in [0.15, 0.2) is 54.6 Å². The average Bonchev–Trinajstić information content (AvgIpc) is 2.87. The van der Waals surface area contributed by atoms with Crippen molar-refractivity contribution < 1.29 is 28.6 Å². The molecular weight excluding hydrogens is 470 g/mol. The van der Waals surface area contributed by atoms with Gasteiger partial charge in [-0.15, -0.1) is 0 Å². The van der Waals surface area contributed by atoms with Gasteiger partial charge in [0.1, 0.15) is 30.8 Å². The van der Waals surface area contributed by atoms with E-state index in [2.05, 4.69) is 10.6 Å². The van der Waals surface area contributed by atoms with Crippen LogP contribution in [0.3, 0.4) is 0 Å². The molecule has 3 rings (SSSR count). The van der Waals surface area contributed by atoms with E-state index < -0.39 is 17.9 Å². The minimum Gasteiger partial charge on any atom is -0.494 e. The molecule has 1 atom stereocenters. The Labute approximate surface area is 209 Å². The van der Waals surface area contributed by atoms with Crippen molar-refractivity contribution in [3.63, 3.8) is 0 Å². The third-order valence-corrected chi connectivity index (χ3v) is 5.46. The Hall–Kier alpha value is -3.66. The molecule has 1 aliphatic rings. The molecule has 2 amide bonds. The van der Waals surface area contributed by atoms with Crippen LogP contribution < -0.4 is 20.1 Å². The number of amides is 2. The lowest BCUT2D eigenvalue weighted by atomic mass is 10.1. The number of thiocarbonyl (C=S) groups is 1. The normalized spacial score (nSPS) is 15.1. The molecule has 2 N–H and O–H groups in total. The molecule has 1 heterocycles. The van der Waals surface area contributed by atoms with E-state index in [4.69, 9.17) is 26.4 Å². The summed E-state index contributed by atoms with van der Waals surface area (Å²) in [5.74, 6) is 0.00713. The Bertz CT molecular complexity index is 1020. The van der Waals surface area contributed by atoms with E-state index in [9.17, 15) is 14.4 Å². The zero-order valence-electron chi connectivity index (χ0n) is 19.5. The van der Waals surface area contributed by atoms with Gasteiger partial charge >= 0.3 is 5.97 Å². The number of rotatable bonds is 10. The van der Waals surface area contributed by atoms with Crippen molar-refractivity contribution in [3.05, 3.63) is 60.2 Å². The first-order valence-electron chi connectivity index (χ1n) is 11.4. The molecule has 0 aromatic heterocycles. The van der Waals surface area contributed by atoms with Crippen molar-refractivity contribution >= 4 is 35.1 Å². The summed E-state index contributed by atoms with van der Waals surface area (Å²) < 4.78 is 16.2. The number of piperazine rings is 1. The predicted molar refractivity (Wildman–Crippen MR) is 133 cm³/mol. The lowest BCUT2D eigenvalue weighted by molar-refractivity contribution is -0.148. The highest BCUT2D eigenvalue weighted by atomic mass is 32.1. The van der Waals surface area contributed by atoms with E-state index in [-0.39, 0.29) is 30.7 Å². The van der Waals surface area contributed by atoms with E-state index in [1.165, 1.54) is 4.90 Å². The van der Waals surface area contributed by atoms with Gasteiger partial charge < -0.3 is 24.4 Å². The van der Waals surface area contributed by atoms with Crippen molar-refractivity contribution in [2.75, 3.05) is 32.9 Å². The molecule has 0 bridgehead atoms. The summed E-state index contributed by atoms with van der Waals surface area (Å²) in [5.41, 5.74) is 0.395. The van der Waals surface area contributed by atoms with Crippen molar-refractivity contribution in [3.8, 4) is 11.5 Å². The molecule has 1 aliphatic heterocycles. The van der Waals surface area contributed by atoms with Crippen molar-refractivity contribution in [2.45, 2.75) is 25.8 Å².